The van der Waals surface area contributed by atoms with Gasteiger partial charge in [0.25, 0.3) is 0 Å². The van der Waals surface area contributed by atoms with Gasteiger partial charge < -0.3 is 10.5 Å². The summed E-state index contributed by atoms with van der Waals surface area (Å²) in [7, 11) is 0. The average Bonchev–Trinajstić information content (AvgIpc) is 2.54. The van der Waals surface area contributed by atoms with Crippen molar-refractivity contribution in [1.29, 1.82) is 0 Å². The molecule has 0 aliphatic heterocycles. The van der Waals surface area contributed by atoms with Crippen LogP contribution in [0.5, 0.6) is 0 Å². The Kier molecular flexibility index (Phi) is 4.86. The van der Waals surface area contributed by atoms with Gasteiger partial charge in [-0.3, -0.25) is 0 Å². The van der Waals surface area contributed by atoms with E-state index in [9.17, 15) is 13.2 Å². The van der Waals surface area contributed by atoms with Crippen molar-refractivity contribution in [2.75, 3.05) is 13.2 Å². The van der Waals surface area contributed by atoms with E-state index in [1.165, 1.54) is 12.8 Å². The van der Waals surface area contributed by atoms with Crippen LogP contribution in [0.25, 0.3) is 0 Å². The van der Waals surface area contributed by atoms with Gasteiger partial charge in [0, 0.05) is 6.04 Å². The first kappa shape index (κ1) is 12.8. The van der Waals surface area contributed by atoms with Crippen molar-refractivity contribution >= 4 is 0 Å². The van der Waals surface area contributed by atoms with Crippen molar-refractivity contribution in [2.45, 2.75) is 44.3 Å². The van der Waals surface area contributed by atoms with Gasteiger partial charge in [0.15, 0.2) is 0 Å². The monoisotopic (exact) mass is 225 g/mol. The lowest BCUT2D eigenvalue weighted by Crippen LogP contribution is -2.30. The van der Waals surface area contributed by atoms with Crippen LogP contribution in [-0.2, 0) is 4.74 Å². The van der Waals surface area contributed by atoms with E-state index in [2.05, 4.69) is 4.74 Å². The molecule has 90 valence electrons. The molecule has 15 heavy (non-hydrogen) atoms. The number of halogens is 3. The number of hydrogen-bond acceptors (Lipinski definition) is 2. The molecule has 0 saturated heterocycles. The van der Waals surface area contributed by atoms with Gasteiger partial charge in [-0.1, -0.05) is 25.7 Å². The first-order chi connectivity index (χ1) is 6.97. The van der Waals surface area contributed by atoms with Crippen molar-refractivity contribution in [2.24, 2.45) is 11.7 Å². The van der Waals surface area contributed by atoms with Gasteiger partial charge in [0.1, 0.15) is 6.61 Å². The summed E-state index contributed by atoms with van der Waals surface area (Å²) in [4.78, 5) is 0. The summed E-state index contributed by atoms with van der Waals surface area (Å²) in [6, 6.07) is -0.254. The van der Waals surface area contributed by atoms with Crippen LogP contribution in [0.1, 0.15) is 32.1 Å². The van der Waals surface area contributed by atoms with Crippen LogP contribution in [0.2, 0.25) is 0 Å². The molecule has 0 aromatic rings. The van der Waals surface area contributed by atoms with Crippen molar-refractivity contribution in [3.63, 3.8) is 0 Å². The minimum atomic E-state index is -4.24. The minimum Gasteiger partial charge on any atom is -0.370 e. The Hall–Kier alpha value is -0.290. The van der Waals surface area contributed by atoms with E-state index in [1.807, 2.05) is 0 Å². The third kappa shape index (κ3) is 5.99. The molecule has 1 unspecified atom stereocenters. The van der Waals surface area contributed by atoms with Gasteiger partial charge >= 0.3 is 6.18 Å². The maximum atomic E-state index is 11.7. The van der Waals surface area contributed by atoms with Crippen molar-refractivity contribution < 1.29 is 17.9 Å². The molecule has 0 aromatic heterocycles. The number of rotatable bonds is 5. The van der Waals surface area contributed by atoms with E-state index in [4.69, 9.17) is 5.73 Å². The molecule has 1 atom stereocenters. The first-order valence-electron chi connectivity index (χ1n) is 5.37. The molecular formula is C10H18F3NO. The Bertz CT molecular complexity index is 178. The summed E-state index contributed by atoms with van der Waals surface area (Å²) < 4.78 is 39.8. The predicted molar refractivity (Wildman–Crippen MR) is 51.4 cm³/mol. The number of nitrogens with two attached hydrogens (primary N) is 1. The molecule has 0 spiro atoms. The molecule has 1 saturated carbocycles. The second-order valence-corrected chi connectivity index (χ2v) is 4.28. The highest BCUT2D eigenvalue weighted by molar-refractivity contribution is 4.73. The predicted octanol–water partition coefficient (Wildman–Crippen LogP) is 2.47. The Labute approximate surface area is 88.0 Å². The molecule has 5 heteroatoms. The fourth-order valence-electron chi connectivity index (χ4n) is 2.07. The topological polar surface area (TPSA) is 35.2 Å². The van der Waals surface area contributed by atoms with E-state index in [1.54, 1.807) is 0 Å². The van der Waals surface area contributed by atoms with Crippen LogP contribution in [0.3, 0.4) is 0 Å². The van der Waals surface area contributed by atoms with Gasteiger partial charge in [-0.25, -0.2) is 0 Å². The molecule has 2 N–H and O–H groups in total. The van der Waals surface area contributed by atoms with Crippen molar-refractivity contribution in [1.82, 2.24) is 0 Å². The van der Waals surface area contributed by atoms with E-state index in [0.29, 0.717) is 5.92 Å². The summed E-state index contributed by atoms with van der Waals surface area (Å²) in [5.74, 6) is 0.592. The Morgan fingerprint density at radius 3 is 2.40 bits per heavy atom. The first-order valence-corrected chi connectivity index (χ1v) is 5.37. The van der Waals surface area contributed by atoms with Gasteiger partial charge in [-0.05, 0) is 12.3 Å². The summed E-state index contributed by atoms with van der Waals surface area (Å²) in [5.41, 5.74) is 5.69. The third-order valence-corrected chi connectivity index (χ3v) is 2.71. The zero-order valence-electron chi connectivity index (χ0n) is 8.72. The molecule has 0 radical (unpaired) electrons. The highest BCUT2D eigenvalue weighted by Crippen LogP contribution is 2.28. The van der Waals surface area contributed by atoms with Crippen LogP contribution in [-0.4, -0.2) is 25.4 Å². The van der Waals surface area contributed by atoms with Crippen LogP contribution in [0.4, 0.5) is 13.2 Å². The van der Waals surface area contributed by atoms with Crippen molar-refractivity contribution in [3.8, 4) is 0 Å². The van der Waals surface area contributed by atoms with Gasteiger partial charge in [0.05, 0.1) is 6.61 Å². The number of hydrogen-bond donors (Lipinski definition) is 1. The van der Waals surface area contributed by atoms with E-state index in [0.717, 1.165) is 19.3 Å². The van der Waals surface area contributed by atoms with Gasteiger partial charge in [-0.2, -0.15) is 13.2 Å². The lowest BCUT2D eigenvalue weighted by Gasteiger charge is -2.16. The van der Waals surface area contributed by atoms with Crippen LogP contribution in [0, 0.1) is 5.92 Å². The second-order valence-electron chi connectivity index (χ2n) is 4.28. The normalized spacial score (nSPS) is 20.8. The molecule has 0 aromatic carbocycles. The minimum absolute atomic E-state index is 0.00993. The quantitative estimate of drug-likeness (QED) is 0.780. The largest absolute Gasteiger partial charge is 0.411 e. The zero-order valence-corrected chi connectivity index (χ0v) is 8.72. The summed E-state index contributed by atoms with van der Waals surface area (Å²) >= 11 is 0. The summed E-state index contributed by atoms with van der Waals surface area (Å²) in [6.45, 7) is -1.18. The lowest BCUT2D eigenvalue weighted by atomic mass is 9.99. The van der Waals surface area contributed by atoms with Crippen molar-refractivity contribution in [3.05, 3.63) is 0 Å². The molecule has 2 nitrogen and oxygen atoms in total. The molecular weight excluding hydrogens is 207 g/mol. The maximum Gasteiger partial charge on any atom is 0.411 e. The highest BCUT2D eigenvalue weighted by atomic mass is 19.4. The molecule has 1 fully saturated rings. The molecule has 0 heterocycles. The molecule has 1 aliphatic carbocycles. The Morgan fingerprint density at radius 2 is 1.87 bits per heavy atom. The fourth-order valence-corrected chi connectivity index (χ4v) is 2.07. The molecule has 1 rings (SSSR count). The van der Waals surface area contributed by atoms with E-state index >= 15 is 0 Å². The fraction of sp³-hybridized carbons (Fsp3) is 1.00. The summed E-state index contributed by atoms with van der Waals surface area (Å²) in [6.07, 6.45) is 1.31. The molecule has 0 amide bonds. The maximum absolute atomic E-state index is 11.7. The smallest absolute Gasteiger partial charge is 0.370 e. The van der Waals surface area contributed by atoms with E-state index < -0.39 is 12.8 Å². The van der Waals surface area contributed by atoms with Gasteiger partial charge in [-0.15, -0.1) is 0 Å². The Morgan fingerprint density at radius 1 is 1.27 bits per heavy atom. The SMILES string of the molecule is NC(COCC(F)(F)F)CC1CCCC1. The van der Waals surface area contributed by atoms with Crippen LogP contribution < -0.4 is 5.73 Å². The van der Waals surface area contributed by atoms with Crippen LogP contribution >= 0.6 is 0 Å². The second kappa shape index (κ2) is 5.70. The summed E-state index contributed by atoms with van der Waals surface area (Å²) in [5, 5.41) is 0. The zero-order chi connectivity index (χ0) is 11.3. The average molecular weight is 225 g/mol. The Balaban J connectivity index is 2.05. The van der Waals surface area contributed by atoms with E-state index in [-0.39, 0.29) is 12.6 Å². The van der Waals surface area contributed by atoms with Crippen LogP contribution in [0.15, 0.2) is 0 Å². The molecule has 0 bridgehead atoms. The standard InChI is InChI=1S/C10H18F3NO/c11-10(12,13)7-15-6-9(14)5-8-3-1-2-4-8/h8-9H,1-7,14H2. The number of ether oxygens (including phenoxy) is 1. The highest BCUT2D eigenvalue weighted by Gasteiger charge is 2.28. The lowest BCUT2D eigenvalue weighted by molar-refractivity contribution is -0.174. The van der Waals surface area contributed by atoms with Gasteiger partial charge in [0.2, 0.25) is 0 Å². The number of alkyl halides is 3. The molecule has 1 aliphatic rings. The third-order valence-electron chi connectivity index (χ3n) is 2.71.